The molecule has 17 heavy (non-hydrogen) atoms. The summed E-state index contributed by atoms with van der Waals surface area (Å²) >= 11 is 0. The third-order valence-electron chi connectivity index (χ3n) is 4.64. The first kappa shape index (κ1) is 12.8. The molecule has 2 rings (SSSR count). The van der Waals surface area contributed by atoms with Gasteiger partial charge in [0.05, 0.1) is 13.2 Å². The Balaban J connectivity index is 2.05. The van der Waals surface area contributed by atoms with Gasteiger partial charge in [0.2, 0.25) is 0 Å². The maximum atomic E-state index is 10.9. The van der Waals surface area contributed by atoms with E-state index in [4.69, 9.17) is 9.84 Å². The lowest BCUT2D eigenvalue weighted by Crippen LogP contribution is -2.57. The molecule has 4 nitrogen and oxygen atoms in total. The van der Waals surface area contributed by atoms with E-state index in [1.165, 1.54) is 19.4 Å². The molecule has 2 atom stereocenters. The van der Waals surface area contributed by atoms with Gasteiger partial charge in [0.15, 0.2) is 0 Å². The fourth-order valence-corrected chi connectivity index (χ4v) is 3.36. The summed E-state index contributed by atoms with van der Waals surface area (Å²) in [5, 5.41) is 8.97. The number of rotatable bonds is 4. The summed E-state index contributed by atoms with van der Waals surface area (Å²) in [6.45, 7) is 5.83. The molecule has 0 aliphatic carbocycles. The van der Waals surface area contributed by atoms with Crippen LogP contribution in [0.4, 0.5) is 0 Å². The third kappa shape index (κ3) is 2.47. The Bertz CT molecular complexity index is 288. The zero-order valence-corrected chi connectivity index (χ0v) is 10.8. The summed E-state index contributed by atoms with van der Waals surface area (Å²) in [5.74, 6) is 0.127. The van der Waals surface area contributed by atoms with E-state index in [1.807, 2.05) is 0 Å². The maximum Gasteiger partial charge on any atom is 0.303 e. The molecular formula is C13H23NO3. The smallest absolute Gasteiger partial charge is 0.303 e. The van der Waals surface area contributed by atoms with E-state index in [1.54, 1.807) is 0 Å². The third-order valence-corrected chi connectivity index (χ3v) is 4.64. The highest BCUT2D eigenvalue weighted by Gasteiger charge is 2.50. The topological polar surface area (TPSA) is 49.8 Å². The molecule has 4 heteroatoms. The SMILES string of the molecule is CC(CC(=O)O)C1(C2CCCN(C)C2)COC1. The summed E-state index contributed by atoms with van der Waals surface area (Å²) in [5.41, 5.74) is 0.118. The quantitative estimate of drug-likeness (QED) is 0.809. The highest BCUT2D eigenvalue weighted by molar-refractivity contribution is 5.67. The number of likely N-dealkylation sites (tertiary alicyclic amines) is 1. The molecule has 0 spiro atoms. The first-order valence-electron chi connectivity index (χ1n) is 6.52. The van der Waals surface area contributed by atoms with E-state index in [2.05, 4.69) is 18.9 Å². The van der Waals surface area contributed by atoms with Crippen molar-refractivity contribution in [3.05, 3.63) is 0 Å². The molecule has 2 saturated heterocycles. The van der Waals surface area contributed by atoms with Crippen molar-refractivity contribution in [1.29, 1.82) is 0 Å². The van der Waals surface area contributed by atoms with Crippen molar-refractivity contribution in [2.24, 2.45) is 17.3 Å². The fraction of sp³-hybridized carbons (Fsp3) is 0.923. The molecule has 1 N–H and O–H groups in total. The van der Waals surface area contributed by atoms with E-state index in [0.29, 0.717) is 5.92 Å². The van der Waals surface area contributed by atoms with Crippen LogP contribution in [0, 0.1) is 17.3 Å². The minimum atomic E-state index is -0.687. The molecule has 2 heterocycles. The van der Waals surface area contributed by atoms with Crippen LogP contribution in [-0.2, 0) is 9.53 Å². The van der Waals surface area contributed by atoms with E-state index in [9.17, 15) is 4.79 Å². The zero-order chi connectivity index (χ0) is 12.5. The number of hydrogen-bond acceptors (Lipinski definition) is 3. The Hall–Kier alpha value is -0.610. The predicted octanol–water partition coefficient (Wildman–Crippen LogP) is 1.46. The molecule has 0 amide bonds. The fourth-order valence-electron chi connectivity index (χ4n) is 3.36. The second-order valence-electron chi connectivity index (χ2n) is 5.83. The molecule has 2 fully saturated rings. The largest absolute Gasteiger partial charge is 0.481 e. The second kappa shape index (κ2) is 4.94. The Morgan fingerprint density at radius 2 is 2.29 bits per heavy atom. The molecule has 0 aromatic carbocycles. The average Bonchev–Trinajstić information content (AvgIpc) is 2.14. The van der Waals surface area contributed by atoms with Gasteiger partial charge in [0.25, 0.3) is 0 Å². The summed E-state index contributed by atoms with van der Waals surface area (Å²) in [7, 11) is 2.15. The normalized spacial score (nSPS) is 30.6. The minimum Gasteiger partial charge on any atom is -0.481 e. The molecule has 0 saturated carbocycles. The molecule has 2 aliphatic heterocycles. The van der Waals surface area contributed by atoms with Crippen LogP contribution >= 0.6 is 0 Å². The van der Waals surface area contributed by atoms with Gasteiger partial charge in [-0.05, 0) is 38.3 Å². The van der Waals surface area contributed by atoms with E-state index >= 15 is 0 Å². The average molecular weight is 241 g/mol. The number of ether oxygens (including phenoxy) is 1. The van der Waals surface area contributed by atoms with Crippen molar-refractivity contribution in [1.82, 2.24) is 4.90 Å². The van der Waals surface area contributed by atoms with Gasteiger partial charge in [-0.25, -0.2) is 0 Å². The predicted molar refractivity (Wildman–Crippen MR) is 64.9 cm³/mol. The molecular weight excluding hydrogens is 218 g/mol. The van der Waals surface area contributed by atoms with E-state index < -0.39 is 5.97 Å². The van der Waals surface area contributed by atoms with Gasteiger partial charge in [0, 0.05) is 18.4 Å². The van der Waals surface area contributed by atoms with Crippen LogP contribution in [0.3, 0.4) is 0 Å². The van der Waals surface area contributed by atoms with Crippen molar-refractivity contribution >= 4 is 5.97 Å². The highest BCUT2D eigenvalue weighted by atomic mass is 16.5. The highest BCUT2D eigenvalue weighted by Crippen LogP contribution is 2.47. The minimum absolute atomic E-state index is 0.118. The molecule has 98 valence electrons. The summed E-state index contributed by atoms with van der Waals surface area (Å²) < 4.78 is 5.42. The first-order chi connectivity index (χ1) is 8.04. The lowest BCUT2D eigenvalue weighted by Gasteiger charge is -2.53. The summed E-state index contributed by atoms with van der Waals surface area (Å²) in [4.78, 5) is 13.3. The van der Waals surface area contributed by atoms with Crippen molar-refractivity contribution in [3.8, 4) is 0 Å². The van der Waals surface area contributed by atoms with Gasteiger partial charge in [-0.2, -0.15) is 0 Å². The van der Waals surface area contributed by atoms with Gasteiger partial charge in [0.1, 0.15) is 0 Å². The molecule has 0 bridgehead atoms. The van der Waals surface area contributed by atoms with Crippen LogP contribution in [0.2, 0.25) is 0 Å². The molecule has 2 unspecified atom stereocenters. The van der Waals surface area contributed by atoms with Crippen molar-refractivity contribution in [2.45, 2.75) is 26.2 Å². The van der Waals surface area contributed by atoms with Crippen molar-refractivity contribution < 1.29 is 14.6 Å². The first-order valence-corrected chi connectivity index (χ1v) is 6.52. The molecule has 0 aromatic rings. The number of nitrogens with zero attached hydrogens (tertiary/aromatic N) is 1. The van der Waals surface area contributed by atoms with Crippen LogP contribution < -0.4 is 0 Å². The zero-order valence-electron chi connectivity index (χ0n) is 10.8. The molecule has 0 aromatic heterocycles. The number of carboxylic acids is 1. The Morgan fingerprint density at radius 3 is 2.76 bits per heavy atom. The molecule has 2 aliphatic rings. The maximum absolute atomic E-state index is 10.9. The number of carbonyl (C=O) groups is 1. The second-order valence-corrected chi connectivity index (χ2v) is 5.83. The Kier molecular flexibility index (Phi) is 3.73. The van der Waals surface area contributed by atoms with Crippen molar-refractivity contribution in [3.63, 3.8) is 0 Å². The standard InChI is InChI=1S/C13H23NO3/c1-10(6-12(15)16)13(8-17-9-13)11-4-3-5-14(2)7-11/h10-11H,3-9H2,1-2H3,(H,15,16). The van der Waals surface area contributed by atoms with Crippen LogP contribution in [0.25, 0.3) is 0 Å². The Labute approximate surface area is 103 Å². The van der Waals surface area contributed by atoms with Crippen LogP contribution in [0.5, 0.6) is 0 Å². The van der Waals surface area contributed by atoms with Gasteiger partial charge in [-0.15, -0.1) is 0 Å². The Morgan fingerprint density at radius 1 is 1.59 bits per heavy atom. The van der Waals surface area contributed by atoms with Gasteiger partial charge in [-0.3, -0.25) is 4.79 Å². The van der Waals surface area contributed by atoms with E-state index in [0.717, 1.165) is 19.8 Å². The number of piperidine rings is 1. The summed E-state index contributed by atoms with van der Waals surface area (Å²) in [6.07, 6.45) is 2.71. The summed E-state index contributed by atoms with van der Waals surface area (Å²) in [6, 6.07) is 0. The molecule has 0 radical (unpaired) electrons. The number of aliphatic carboxylic acids is 1. The number of carboxylic acid groups (broad SMARTS) is 1. The van der Waals surface area contributed by atoms with Crippen LogP contribution in [0.1, 0.15) is 26.2 Å². The number of hydrogen-bond donors (Lipinski definition) is 1. The van der Waals surface area contributed by atoms with Gasteiger partial charge in [-0.1, -0.05) is 6.92 Å². The van der Waals surface area contributed by atoms with Gasteiger partial charge >= 0.3 is 5.97 Å². The lowest BCUT2D eigenvalue weighted by atomic mass is 9.62. The van der Waals surface area contributed by atoms with Crippen molar-refractivity contribution in [2.75, 3.05) is 33.4 Å². The van der Waals surface area contributed by atoms with Crippen LogP contribution in [0.15, 0.2) is 0 Å². The van der Waals surface area contributed by atoms with Crippen LogP contribution in [-0.4, -0.2) is 49.3 Å². The van der Waals surface area contributed by atoms with E-state index in [-0.39, 0.29) is 17.8 Å². The van der Waals surface area contributed by atoms with Gasteiger partial charge < -0.3 is 14.7 Å². The monoisotopic (exact) mass is 241 g/mol. The lowest BCUT2D eigenvalue weighted by molar-refractivity contribution is -0.188.